The van der Waals surface area contributed by atoms with Crippen molar-refractivity contribution in [1.29, 1.82) is 0 Å². The van der Waals surface area contributed by atoms with Crippen molar-refractivity contribution in [3.05, 3.63) is 36.3 Å². The molecule has 0 aliphatic heterocycles. The van der Waals surface area contributed by atoms with E-state index in [2.05, 4.69) is 11.3 Å². The van der Waals surface area contributed by atoms with Crippen LogP contribution >= 0.6 is 0 Å². The lowest BCUT2D eigenvalue weighted by Crippen LogP contribution is -2.12. The molecule has 5 heteroatoms. The van der Waals surface area contributed by atoms with Crippen molar-refractivity contribution >= 4 is 0 Å². The van der Waals surface area contributed by atoms with E-state index < -0.39 is 6.36 Å². The molecule has 0 fully saturated rings. The predicted molar refractivity (Wildman–Crippen MR) is 43.4 cm³/mol. The number of allylic oxidation sites excluding steroid dienone is 3. The first-order chi connectivity index (χ1) is 5.85. The van der Waals surface area contributed by atoms with E-state index in [1.54, 1.807) is 0 Å². The lowest BCUT2D eigenvalue weighted by molar-refractivity contribution is -0.303. The van der Waals surface area contributed by atoms with Crippen LogP contribution in [0.25, 0.3) is 0 Å². The first-order valence-corrected chi connectivity index (χ1v) is 3.39. The van der Waals surface area contributed by atoms with Gasteiger partial charge in [0.25, 0.3) is 0 Å². The molecule has 0 bridgehead atoms. The van der Waals surface area contributed by atoms with E-state index in [9.17, 15) is 13.2 Å². The van der Waals surface area contributed by atoms with Gasteiger partial charge in [-0.3, -0.25) is 0 Å². The third-order valence-corrected chi connectivity index (χ3v) is 0.980. The molecule has 0 aliphatic carbocycles. The highest BCUT2D eigenvalue weighted by molar-refractivity contribution is 5.20. The Kier molecular flexibility index (Phi) is 4.10. The van der Waals surface area contributed by atoms with Crippen LogP contribution in [0.2, 0.25) is 0 Å². The van der Waals surface area contributed by atoms with Gasteiger partial charge in [-0.1, -0.05) is 6.58 Å². The van der Waals surface area contributed by atoms with Crippen molar-refractivity contribution in [2.75, 3.05) is 0 Å². The molecule has 0 amide bonds. The summed E-state index contributed by atoms with van der Waals surface area (Å²) >= 11 is 0. The molecule has 74 valence electrons. The molecule has 0 saturated carbocycles. The van der Waals surface area contributed by atoms with Gasteiger partial charge in [0.05, 0.1) is 0 Å². The first kappa shape index (κ1) is 11.6. The number of alkyl halides is 3. The van der Waals surface area contributed by atoms with Gasteiger partial charge in [0.15, 0.2) is 0 Å². The number of ether oxygens (including phenoxy) is 1. The summed E-state index contributed by atoms with van der Waals surface area (Å²) in [6, 6.07) is 0. The lowest BCUT2D eigenvalue weighted by Gasteiger charge is -2.08. The fourth-order valence-corrected chi connectivity index (χ4v) is 0.512. The Labute approximate surface area is 74.2 Å². The molecule has 0 radical (unpaired) electrons. The smallest absolute Gasteiger partial charge is 0.406 e. The fourth-order valence-electron chi connectivity index (χ4n) is 0.512. The van der Waals surface area contributed by atoms with Crippen molar-refractivity contribution in [2.24, 2.45) is 5.73 Å². The van der Waals surface area contributed by atoms with E-state index >= 15 is 0 Å². The summed E-state index contributed by atoms with van der Waals surface area (Å²) in [5, 5.41) is 0. The summed E-state index contributed by atoms with van der Waals surface area (Å²) in [5.41, 5.74) is 5.27. The standard InChI is InChI=1S/C8H10F3NO/c1-3-7(5-4-6(2)12)13-8(9,10)11/h3-5H,2,12H2,1H3/b5-4-,7-3+. The highest BCUT2D eigenvalue weighted by Gasteiger charge is 2.31. The third-order valence-electron chi connectivity index (χ3n) is 0.980. The van der Waals surface area contributed by atoms with Gasteiger partial charge in [0.1, 0.15) is 5.76 Å². The Bertz CT molecular complexity index is 240. The highest BCUT2D eigenvalue weighted by atomic mass is 19.4. The van der Waals surface area contributed by atoms with Crippen LogP contribution in [0.15, 0.2) is 36.3 Å². The van der Waals surface area contributed by atoms with Crippen molar-refractivity contribution < 1.29 is 17.9 Å². The van der Waals surface area contributed by atoms with E-state index in [0.29, 0.717) is 0 Å². The van der Waals surface area contributed by atoms with E-state index in [1.807, 2.05) is 0 Å². The van der Waals surface area contributed by atoms with Crippen LogP contribution in [0.4, 0.5) is 13.2 Å². The summed E-state index contributed by atoms with van der Waals surface area (Å²) in [4.78, 5) is 0. The largest absolute Gasteiger partial charge is 0.573 e. The second-order valence-electron chi connectivity index (χ2n) is 2.15. The van der Waals surface area contributed by atoms with Crippen molar-refractivity contribution in [1.82, 2.24) is 0 Å². The van der Waals surface area contributed by atoms with E-state index in [4.69, 9.17) is 5.73 Å². The van der Waals surface area contributed by atoms with Crippen LogP contribution in [0, 0.1) is 0 Å². The van der Waals surface area contributed by atoms with E-state index in [-0.39, 0.29) is 11.5 Å². The Morgan fingerprint density at radius 2 is 1.92 bits per heavy atom. The van der Waals surface area contributed by atoms with Crippen molar-refractivity contribution in [3.8, 4) is 0 Å². The second kappa shape index (κ2) is 4.59. The average Bonchev–Trinajstić information content (AvgIpc) is 1.95. The molecule has 0 aromatic heterocycles. The number of nitrogens with two attached hydrogens (primary N) is 1. The van der Waals surface area contributed by atoms with Crippen LogP contribution in [0.1, 0.15) is 6.92 Å². The monoisotopic (exact) mass is 193 g/mol. The maximum atomic E-state index is 11.7. The minimum atomic E-state index is -4.68. The zero-order chi connectivity index (χ0) is 10.5. The number of rotatable bonds is 3. The zero-order valence-electron chi connectivity index (χ0n) is 7.06. The molecule has 2 N–H and O–H groups in total. The number of halogens is 3. The molecular weight excluding hydrogens is 183 g/mol. The molecule has 0 aliphatic rings. The Hall–Kier alpha value is -1.39. The lowest BCUT2D eigenvalue weighted by atomic mass is 10.3. The first-order valence-electron chi connectivity index (χ1n) is 3.39. The summed E-state index contributed by atoms with van der Waals surface area (Å²) in [7, 11) is 0. The normalized spacial score (nSPS) is 13.4. The van der Waals surface area contributed by atoms with Gasteiger partial charge < -0.3 is 10.5 Å². The van der Waals surface area contributed by atoms with Gasteiger partial charge in [-0.05, 0) is 25.2 Å². The number of hydrogen-bond acceptors (Lipinski definition) is 2. The number of hydrogen-bond donors (Lipinski definition) is 1. The maximum Gasteiger partial charge on any atom is 0.573 e. The van der Waals surface area contributed by atoms with Gasteiger partial charge in [-0.25, -0.2) is 0 Å². The summed E-state index contributed by atoms with van der Waals surface area (Å²) in [6.07, 6.45) is -1.19. The minimum Gasteiger partial charge on any atom is -0.406 e. The maximum absolute atomic E-state index is 11.7. The van der Waals surface area contributed by atoms with Crippen LogP contribution in [0.3, 0.4) is 0 Å². The third kappa shape index (κ3) is 6.99. The molecular formula is C8H10F3NO. The molecule has 0 unspecified atom stereocenters. The van der Waals surface area contributed by atoms with E-state index in [1.165, 1.54) is 19.1 Å². The van der Waals surface area contributed by atoms with Gasteiger partial charge >= 0.3 is 6.36 Å². The molecule has 0 atom stereocenters. The molecule has 0 heterocycles. The van der Waals surface area contributed by atoms with Crippen LogP contribution in [0.5, 0.6) is 0 Å². The van der Waals surface area contributed by atoms with Crippen molar-refractivity contribution in [3.63, 3.8) is 0 Å². The van der Waals surface area contributed by atoms with Gasteiger partial charge in [0, 0.05) is 5.70 Å². The quantitative estimate of drug-likeness (QED) is 0.552. The highest BCUT2D eigenvalue weighted by Crippen LogP contribution is 2.21. The summed E-state index contributed by atoms with van der Waals surface area (Å²) in [6.45, 7) is 4.71. The fraction of sp³-hybridized carbons (Fsp3) is 0.250. The molecule has 0 aromatic carbocycles. The van der Waals surface area contributed by atoms with Gasteiger partial charge in [0.2, 0.25) is 0 Å². The topological polar surface area (TPSA) is 35.2 Å². The Morgan fingerprint density at radius 1 is 1.38 bits per heavy atom. The molecule has 0 saturated heterocycles. The molecule has 13 heavy (non-hydrogen) atoms. The minimum absolute atomic E-state index is 0.158. The van der Waals surface area contributed by atoms with Crippen LogP contribution in [-0.4, -0.2) is 6.36 Å². The second-order valence-corrected chi connectivity index (χ2v) is 2.15. The van der Waals surface area contributed by atoms with Gasteiger partial charge in [-0.2, -0.15) is 0 Å². The molecule has 0 spiro atoms. The van der Waals surface area contributed by atoms with Crippen LogP contribution < -0.4 is 5.73 Å². The van der Waals surface area contributed by atoms with Crippen LogP contribution in [-0.2, 0) is 4.74 Å². The summed E-state index contributed by atoms with van der Waals surface area (Å²) < 4.78 is 38.6. The molecule has 0 aromatic rings. The molecule has 2 nitrogen and oxygen atoms in total. The Balaban J connectivity index is 4.31. The predicted octanol–water partition coefficient (Wildman–Crippen LogP) is 2.46. The SMILES string of the molecule is C=C(N)/C=C\C(=C/C)OC(F)(F)F. The molecule has 0 rings (SSSR count). The van der Waals surface area contributed by atoms with E-state index in [0.717, 1.165) is 6.08 Å². The average molecular weight is 193 g/mol. The van der Waals surface area contributed by atoms with Crippen molar-refractivity contribution in [2.45, 2.75) is 13.3 Å². The zero-order valence-corrected chi connectivity index (χ0v) is 7.06. The summed E-state index contributed by atoms with van der Waals surface area (Å²) in [5.74, 6) is -0.320. The van der Waals surface area contributed by atoms with Gasteiger partial charge in [-0.15, -0.1) is 13.2 Å². The Morgan fingerprint density at radius 3 is 2.23 bits per heavy atom.